The van der Waals surface area contributed by atoms with Crippen molar-refractivity contribution in [1.82, 2.24) is 5.32 Å². The number of rotatable bonds is 7. The predicted octanol–water partition coefficient (Wildman–Crippen LogP) is 4.81. The van der Waals surface area contributed by atoms with E-state index in [9.17, 15) is 22.8 Å². The third-order valence-electron chi connectivity index (χ3n) is 4.32. The third-order valence-corrected chi connectivity index (χ3v) is 4.97. The Bertz CT molecular complexity index is 884. The Labute approximate surface area is 172 Å². The van der Waals surface area contributed by atoms with E-state index in [1.54, 1.807) is 18.2 Å². The van der Waals surface area contributed by atoms with Gasteiger partial charge in [0, 0.05) is 11.3 Å². The summed E-state index contributed by atoms with van der Waals surface area (Å²) >= 11 is 1.51. The van der Waals surface area contributed by atoms with Crippen molar-refractivity contribution in [2.45, 2.75) is 32.5 Å². The van der Waals surface area contributed by atoms with Gasteiger partial charge in [-0.25, -0.2) is 0 Å². The van der Waals surface area contributed by atoms with Crippen LogP contribution >= 0.6 is 11.8 Å². The van der Waals surface area contributed by atoms with E-state index in [1.807, 2.05) is 19.2 Å². The number of hydrogen-bond acceptors (Lipinski definition) is 3. The molecule has 2 N–H and O–H groups in total. The Kier molecular flexibility index (Phi) is 7.73. The second kappa shape index (κ2) is 9.82. The molecule has 1 atom stereocenters. The van der Waals surface area contributed by atoms with Crippen LogP contribution in [0, 0.1) is 13.8 Å². The summed E-state index contributed by atoms with van der Waals surface area (Å²) in [6, 6.07) is 9.69. The summed E-state index contributed by atoms with van der Waals surface area (Å²) in [5.41, 5.74) is 0.623. The van der Waals surface area contributed by atoms with Crippen LogP contribution in [-0.4, -0.2) is 29.9 Å². The Hall–Kier alpha value is -2.48. The summed E-state index contributed by atoms with van der Waals surface area (Å²) in [5.74, 6) is -0.361. The lowest BCUT2D eigenvalue weighted by molar-refractivity contribution is -0.138. The first-order chi connectivity index (χ1) is 13.6. The smallest absolute Gasteiger partial charge is 0.340 e. The quantitative estimate of drug-likeness (QED) is 0.671. The SMILES string of the molecule is CSCCC(NC(=O)c1cccc(C)c1)C(=O)Nc1ccc(C)c(C(F)(F)F)c1. The number of halogens is 3. The molecule has 2 rings (SSSR count). The molecule has 2 aromatic carbocycles. The van der Waals surface area contributed by atoms with Crippen LogP contribution in [0.15, 0.2) is 42.5 Å². The van der Waals surface area contributed by atoms with Crippen molar-refractivity contribution in [1.29, 1.82) is 0 Å². The van der Waals surface area contributed by atoms with Crippen molar-refractivity contribution in [3.05, 3.63) is 64.7 Å². The molecule has 0 spiro atoms. The number of hydrogen-bond donors (Lipinski definition) is 2. The highest BCUT2D eigenvalue weighted by atomic mass is 32.2. The number of nitrogens with one attached hydrogen (secondary N) is 2. The number of carbonyl (C=O) groups is 2. The molecule has 0 aliphatic heterocycles. The van der Waals surface area contributed by atoms with Gasteiger partial charge >= 0.3 is 6.18 Å². The molecule has 156 valence electrons. The highest BCUT2D eigenvalue weighted by molar-refractivity contribution is 7.98. The number of anilines is 1. The van der Waals surface area contributed by atoms with Gasteiger partial charge in [0.25, 0.3) is 5.91 Å². The first-order valence-electron chi connectivity index (χ1n) is 8.97. The molecule has 8 heteroatoms. The zero-order valence-electron chi connectivity index (χ0n) is 16.4. The average molecular weight is 424 g/mol. The standard InChI is InChI=1S/C21H23F3N2O2S/c1-13-5-4-6-15(11-13)19(27)26-18(9-10-29-3)20(28)25-16-8-7-14(2)17(12-16)21(22,23)24/h4-8,11-12,18H,9-10H2,1-3H3,(H,25,28)(H,26,27). The van der Waals surface area contributed by atoms with E-state index in [4.69, 9.17) is 0 Å². The molecule has 0 aliphatic rings. The van der Waals surface area contributed by atoms with Gasteiger partial charge in [0.05, 0.1) is 5.56 Å². The van der Waals surface area contributed by atoms with Crippen molar-refractivity contribution >= 4 is 29.3 Å². The summed E-state index contributed by atoms with van der Waals surface area (Å²) in [5, 5.41) is 5.18. The fourth-order valence-corrected chi connectivity index (χ4v) is 3.24. The highest BCUT2D eigenvalue weighted by Gasteiger charge is 2.32. The zero-order chi connectivity index (χ0) is 21.6. The van der Waals surface area contributed by atoms with E-state index < -0.39 is 29.6 Å². The fraction of sp³-hybridized carbons (Fsp3) is 0.333. The second-order valence-corrected chi connectivity index (χ2v) is 7.68. The van der Waals surface area contributed by atoms with Crippen molar-refractivity contribution in [2.24, 2.45) is 0 Å². The maximum atomic E-state index is 13.1. The van der Waals surface area contributed by atoms with Gasteiger partial charge in [-0.2, -0.15) is 24.9 Å². The molecular formula is C21H23F3N2O2S. The van der Waals surface area contributed by atoms with Gasteiger partial charge in [0.1, 0.15) is 6.04 Å². The molecule has 0 radical (unpaired) electrons. The van der Waals surface area contributed by atoms with Crippen molar-refractivity contribution < 1.29 is 22.8 Å². The maximum Gasteiger partial charge on any atom is 0.416 e. The van der Waals surface area contributed by atoms with E-state index >= 15 is 0 Å². The van der Waals surface area contributed by atoms with Crippen LogP contribution in [0.25, 0.3) is 0 Å². The number of benzene rings is 2. The number of carbonyl (C=O) groups excluding carboxylic acids is 2. The van der Waals surface area contributed by atoms with Gasteiger partial charge in [-0.3, -0.25) is 9.59 Å². The summed E-state index contributed by atoms with van der Waals surface area (Å²) in [7, 11) is 0. The number of thioether (sulfide) groups is 1. The van der Waals surface area contributed by atoms with Gasteiger partial charge in [-0.1, -0.05) is 23.8 Å². The van der Waals surface area contributed by atoms with Gasteiger partial charge < -0.3 is 10.6 Å². The molecule has 1 unspecified atom stereocenters. The van der Waals surface area contributed by atoms with Crippen LogP contribution in [0.1, 0.15) is 33.5 Å². The van der Waals surface area contributed by atoms with E-state index in [0.29, 0.717) is 17.7 Å². The molecular weight excluding hydrogens is 401 g/mol. The molecule has 29 heavy (non-hydrogen) atoms. The van der Waals surface area contributed by atoms with Crippen molar-refractivity contribution in [2.75, 3.05) is 17.3 Å². The van der Waals surface area contributed by atoms with Crippen LogP contribution in [0.5, 0.6) is 0 Å². The minimum atomic E-state index is -4.51. The molecule has 4 nitrogen and oxygen atoms in total. The molecule has 0 fully saturated rings. The largest absolute Gasteiger partial charge is 0.416 e. The van der Waals surface area contributed by atoms with Crippen molar-refractivity contribution in [3.63, 3.8) is 0 Å². The minimum absolute atomic E-state index is 0.0341. The molecule has 2 aromatic rings. The molecule has 0 aliphatic carbocycles. The lowest BCUT2D eigenvalue weighted by Crippen LogP contribution is -2.44. The third kappa shape index (κ3) is 6.52. The molecule has 2 amide bonds. The molecule has 0 aromatic heterocycles. The first kappa shape index (κ1) is 22.8. The van der Waals surface area contributed by atoms with Gasteiger partial charge in [0.2, 0.25) is 5.91 Å². The summed E-state index contributed by atoms with van der Waals surface area (Å²) in [6.45, 7) is 3.21. The van der Waals surface area contributed by atoms with E-state index in [1.165, 1.54) is 30.8 Å². The molecule has 0 saturated heterocycles. The first-order valence-corrected chi connectivity index (χ1v) is 10.4. The Balaban J connectivity index is 2.17. The van der Waals surface area contributed by atoms with Gasteiger partial charge in [0.15, 0.2) is 0 Å². The molecule has 0 bridgehead atoms. The number of alkyl halides is 3. The average Bonchev–Trinajstić information content (AvgIpc) is 2.65. The lowest BCUT2D eigenvalue weighted by Gasteiger charge is -2.19. The van der Waals surface area contributed by atoms with Crippen LogP contribution in [0.2, 0.25) is 0 Å². The van der Waals surface area contributed by atoms with Crippen LogP contribution in [0.3, 0.4) is 0 Å². The highest BCUT2D eigenvalue weighted by Crippen LogP contribution is 2.33. The maximum absolute atomic E-state index is 13.1. The van der Waals surface area contributed by atoms with Crippen LogP contribution < -0.4 is 10.6 Å². The Morgan fingerprint density at radius 1 is 1.10 bits per heavy atom. The predicted molar refractivity (Wildman–Crippen MR) is 110 cm³/mol. The normalized spacial score (nSPS) is 12.3. The van der Waals surface area contributed by atoms with Crippen LogP contribution in [-0.2, 0) is 11.0 Å². The minimum Gasteiger partial charge on any atom is -0.340 e. The molecule has 0 saturated carbocycles. The zero-order valence-corrected chi connectivity index (χ0v) is 17.2. The Morgan fingerprint density at radius 2 is 1.83 bits per heavy atom. The summed E-state index contributed by atoms with van der Waals surface area (Å²) in [6.07, 6.45) is -2.29. The van der Waals surface area contributed by atoms with E-state index in [0.717, 1.165) is 11.6 Å². The number of amides is 2. The van der Waals surface area contributed by atoms with Crippen molar-refractivity contribution in [3.8, 4) is 0 Å². The lowest BCUT2D eigenvalue weighted by atomic mass is 10.1. The monoisotopic (exact) mass is 424 g/mol. The van der Waals surface area contributed by atoms with E-state index in [-0.39, 0.29) is 11.3 Å². The summed E-state index contributed by atoms with van der Waals surface area (Å²) in [4.78, 5) is 25.2. The molecule has 0 heterocycles. The fourth-order valence-electron chi connectivity index (χ4n) is 2.77. The Morgan fingerprint density at radius 3 is 2.45 bits per heavy atom. The van der Waals surface area contributed by atoms with E-state index in [2.05, 4.69) is 10.6 Å². The number of aryl methyl sites for hydroxylation is 2. The topological polar surface area (TPSA) is 58.2 Å². The van der Waals surface area contributed by atoms with Crippen LogP contribution in [0.4, 0.5) is 18.9 Å². The second-order valence-electron chi connectivity index (χ2n) is 6.69. The van der Waals surface area contributed by atoms with Gasteiger partial charge in [-0.05, 0) is 62.1 Å². The van der Waals surface area contributed by atoms with Gasteiger partial charge in [-0.15, -0.1) is 0 Å². The summed E-state index contributed by atoms with van der Waals surface area (Å²) < 4.78 is 39.3.